The van der Waals surface area contributed by atoms with Crippen molar-refractivity contribution in [2.24, 2.45) is 0 Å². The number of fused-ring (bicyclic) bond motifs is 1. The number of ether oxygens (including phenoxy) is 1. The summed E-state index contributed by atoms with van der Waals surface area (Å²) in [6, 6.07) is 3.63. The minimum Gasteiger partial charge on any atom is -0.483 e. The molecule has 2 aromatic heterocycles. The van der Waals surface area contributed by atoms with Gasteiger partial charge >= 0.3 is 0 Å². The summed E-state index contributed by atoms with van der Waals surface area (Å²) < 4.78 is 10.1. The van der Waals surface area contributed by atoms with Crippen LogP contribution in [0.4, 0.5) is 11.6 Å². The molecule has 0 radical (unpaired) electrons. The summed E-state index contributed by atoms with van der Waals surface area (Å²) in [5.74, 6) is 0.233. The van der Waals surface area contributed by atoms with Gasteiger partial charge in [0, 0.05) is 44.7 Å². The number of carbonyl (C=O) groups is 3. The normalized spacial score (nSPS) is 13.4. The van der Waals surface area contributed by atoms with Crippen molar-refractivity contribution in [3.8, 4) is 5.75 Å². The maximum Gasteiger partial charge on any atom is 0.277 e. The van der Waals surface area contributed by atoms with Gasteiger partial charge in [-0.25, -0.2) is 19.1 Å². The van der Waals surface area contributed by atoms with E-state index in [-0.39, 0.29) is 47.3 Å². The number of nitrogens with one attached hydrogen (secondary N) is 2. The van der Waals surface area contributed by atoms with E-state index in [9.17, 15) is 14.4 Å². The van der Waals surface area contributed by atoms with E-state index in [2.05, 4.69) is 20.6 Å². The molecule has 3 heterocycles. The Morgan fingerprint density at radius 3 is 2.51 bits per heavy atom. The van der Waals surface area contributed by atoms with E-state index < -0.39 is 5.91 Å². The maximum atomic E-state index is 13.2. The van der Waals surface area contributed by atoms with Gasteiger partial charge in [-0.1, -0.05) is 18.5 Å². The Labute approximate surface area is 243 Å². The molecule has 0 aliphatic carbocycles. The average Bonchev–Trinajstić information content (AvgIpc) is 3.27. The summed E-state index contributed by atoms with van der Waals surface area (Å²) in [6.45, 7) is 9.75. The van der Waals surface area contributed by atoms with E-state index in [1.807, 2.05) is 42.0 Å². The molecule has 1 aliphatic rings. The second-order valence-electron chi connectivity index (χ2n) is 9.65. The van der Waals surface area contributed by atoms with Crippen LogP contribution in [0.2, 0.25) is 5.15 Å². The molecular formula is C27H37ClN9O4+. The first-order valence-corrected chi connectivity index (χ1v) is 14.2. The largest absolute Gasteiger partial charge is 0.483 e. The number of Topliss-reactive ketones (excluding diaryl/α,β-unsaturated/α-hetero) is 1. The van der Waals surface area contributed by atoms with Gasteiger partial charge in [-0.2, -0.15) is 0 Å². The molecule has 0 atom stereocenters. The molecule has 0 unspecified atom stereocenters. The van der Waals surface area contributed by atoms with Gasteiger partial charge in [0.25, 0.3) is 17.6 Å². The number of carbonyl (C=O) groups excluding carboxylic acids is 3. The van der Waals surface area contributed by atoms with Crippen molar-refractivity contribution >= 4 is 51.9 Å². The Hall–Kier alpha value is -3.97. The van der Waals surface area contributed by atoms with Crippen LogP contribution in [0.3, 0.4) is 0 Å². The molecule has 0 saturated carbocycles. The number of halogens is 1. The van der Waals surface area contributed by atoms with Crippen molar-refractivity contribution in [1.29, 1.82) is 0 Å². The number of rotatable bonds is 11. The minimum absolute atomic E-state index is 0.0586. The number of nitrogens with zero attached hydrogens (tertiary/aromatic N) is 5. The summed E-state index contributed by atoms with van der Waals surface area (Å²) in [5.41, 5.74) is 13.4. The van der Waals surface area contributed by atoms with Gasteiger partial charge < -0.3 is 31.7 Å². The van der Waals surface area contributed by atoms with E-state index in [0.717, 1.165) is 29.9 Å². The summed E-state index contributed by atoms with van der Waals surface area (Å²) in [7, 11) is 0. The number of anilines is 2. The molecule has 1 saturated heterocycles. The van der Waals surface area contributed by atoms with E-state index >= 15 is 0 Å². The lowest BCUT2D eigenvalue weighted by Gasteiger charge is -2.27. The van der Waals surface area contributed by atoms with Crippen LogP contribution < -0.4 is 31.4 Å². The molecule has 3 aromatic rings. The summed E-state index contributed by atoms with van der Waals surface area (Å²) >= 11 is 5.95. The van der Waals surface area contributed by atoms with Crippen molar-refractivity contribution in [1.82, 2.24) is 30.1 Å². The predicted octanol–water partition coefficient (Wildman–Crippen LogP) is 1.30. The number of ketones is 1. The Morgan fingerprint density at radius 2 is 1.85 bits per heavy atom. The zero-order chi connectivity index (χ0) is 29.7. The predicted molar refractivity (Wildman–Crippen MR) is 155 cm³/mol. The van der Waals surface area contributed by atoms with Crippen LogP contribution >= 0.6 is 11.6 Å². The van der Waals surface area contributed by atoms with Crippen LogP contribution in [0, 0.1) is 0 Å². The van der Waals surface area contributed by atoms with Gasteiger partial charge in [-0.3, -0.25) is 14.4 Å². The first kappa shape index (κ1) is 30.0. The summed E-state index contributed by atoms with van der Waals surface area (Å²) in [4.78, 5) is 48.5. The molecule has 1 aromatic carbocycles. The third kappa shape index (κ3) is 6.35. The Morgan fingerprint density at radius 1 is 1.12 bits per heavy atom. The summed E-state index contributed by atoms with van der Waals surface area (Å²) in [6.07, 6.45) is 1.03. The number of hydrogen-bond acceptors (Lipinski definition) is 9. The van der Waals surface area contributed by atoms with Crippen LogP contribution in [0.1, 0.15) is 60.3 Å². The number of aromatic nitrogens is 4. The molecular weight excluding hydrogens is 550 g/mol. The highest BCUT2D eigenvalue weighted by Crippen LogP contribution is 2.28. The second kappa shape index (κ2) is 13.1. The Bertz CT molecular complexity index is 1470. The van der Waals surface area contributed by atoms with Crippen LogP contribution in [-0.2, 0) is 24.4 Å². The fourth-order valence-electron chi connectivity index (χ4n) is 5.01. The molecule has 41 heavy (non-hydrogen) atoms. The molecule has 0 bridgehead atoms. The lowest BCUT2D eigenvalue weighted by Crippen LogP contribution is -2.48. The minimum atomic E-state index is -0.554. The molecule has 2 amide bonds. The first-order valence-electron chi connectivity index (χ1n) is 13.8. The van der Waals surface area contributed by atoms with E-state index in [0.29, 0.717) is 50.3 Å². The number of hydrogen-bond donors (Lipinski definition) is 4. The van der Waals surface area contributed by atoms with Crippen molar-refractivity contribution in [3.63, 3.8) is 0 Å². The number of nitrogens with two attached hydrogens (primary N) is 2. The molecule has 1 fully saturated rings. The van der Waals surface area contributed by atoms with Gasteiger partial charge in [0.2, 0.25) is 0 Å². The monoisotopic (exact) mass is 586 g/mol. The average molecular weight is 587 g/mol. The highest BCUT2D eigenvalue weighted by molar-refractivity contribution is 6.31. The molecule has 14 heteroatoms. The van der Waals surface area contributed by atoms with Crippen molar-refractivity contribution in [3.05, 3.63) is 34.4 Å². The molecule has 4 rings (SSSR count). The number of imidazole rings is 1. The van der Waals surface area contributed by atoms with Gasteiger partial charge in [0.1, 0.15) is 12.3 Å². The second-order valence-corrected chi connectivity index (χ2v) is 10.0. The topological polar surface area (TPSA) is 174 Å². The third-order valence-corrected chi connectivity index (χ3v) is 7.32. The SMILES string of the molecule is CCCC(=O)c1cc2c(cc1OCC(=O)N1CCNCC1)[n+](CC)c(CNC(=O)c1nc(Cl)c(N)nc1N)n2CC. The standard InChI is InChI=1S/C27H36ClN9O4/c1-4-7-19(38)16-12-17-18(13-20(16)41-15-22(39)35-10-8-31-9-11-35)37(6-3)21(36(17)5-2)14-32-27(40)23-25(29)34-26(30)24(28)33-23/h12-13,31H,4-11,14-15H2,1-3H3,(H4-,29,30,32,34,40)/p+1. The number of nitrogen functional groups attached to an aromatic ring is 2. The van der Waals surface area contributed by atoms with Crippen LogP contribution in [-0.4, -0.2) is 69.8 Å². The number of aryl methyl sites for hydroxylation is 2. The highest BCUT2D eigenvalue weighted by Gasteiger charge is 2.28. The number of amides is 2. The highest BCUT2D eigenvalue weighted by atomic mass is 35.5. The molecule has 0 spiro atoms. The van der Waals surface area contributed by atoms with Crippen molar-refractivity contribution in [2.75, 3.05) is 44.3 Å². The van der Waals surface area contributed by atoms with Gasteiger partial charge in [0.15, 0.2) is 45.9 Å². The zero-order valence-electron chi connectivity index (χ0n) is 23.6. The van der Waals surface area contributed by atoms with Crippen LogP contribution in [0.15, 0.2) is 12.1 Å². The van der Waals surface area contributed by atoms with Crippen molar-refractivity contribution in [2.45, 2.75) is 53.2 Å². The number of piperazine rings is 1. The Balaban J connectivity index is 1.69. The van der Waals surface area contributed by atoms with Gasteiger partial charge in [0.05, 0.1) is 18.7 Å². The fraction of sp³-hybridized carbons (Fsp3) is 0.481. The lowest BCUT2D eigenvalue weighted by molar-refractivity contribution is -0.676. The fourth-order valence-corrected chi connectivity index (χ4v) is 5.13. The summed E-state index contributed by atoms with van der Waals surface area (Å²) in [5, 5.41) is 5.96. The van der Waals surface area contributed by atoms with Crippen LogP contribution in [0.25, 0.3) is 11.0 Å². The van der Waals surface area contributed by atoms with E-state index in [1.54, 1.807) is 4.90 Å². The lowest BCUT2D eigenvalue weighted by atomic mass is 10.0. The molecule has 1 aliphatic heterocycles. The third-order valence-electron chi connectivity index (χ3n) is 7.04. The molecule has 13 nitrogen and oxygen atoms in total. The van der Waals surface area contributed by atoms with E-state index in [4.69, 9.17) is 27.8 Å². The molecule has 220 valence electrons. The van der Waals surface area contributed by atoms with Gasteiger partial charge in [-0.15, -0.1) is 0 Å². The van der Waals surface area contributed by atoms with Gasteiger partial charge in [-0.05, 0) is 20.3 Å². The Kier molecular flexibility index (Phi) is 9.61. The van der Waals surface area contributed by atoms with Crippen molar-refractivity contribution < 1.29 is 23.7 Å². The quantitative estimate of drug-likeness (QED) is 0.191. The maximum absolute atomic E-state index is 13.2. The smallest absolute Gasteiger partial charge is 0.277 e. The van der Waals surface area contributed by atoms with E-state index in [1.165, 1.54) is 0 Å². The zero-order valence-corrected chi connectivity index (χ0v) is 24.4. The molecule has 6 N–H and O–H groups in total. The first-order chi connectivity index (χ1) is 19.7. The van der Waals surface area contributed by atoms with Crippen LogP contribution in [0.5, 0.6) is 5.75 Å². The number of benzene rings is 1.